The number of benzene rings is 2. The second-order valence-electron chi connectivity index (χ2n) is 7.87. The number of aromatic nitrogens is 1. The molecule has 6 nitrogen and oxygen atoms in total. The molecule has 0 radical (unpaired) electrons. The first kappa shape index (κ1) is 22.0. The Morgan fingerprint density at radius 2 is 1.66 bits per heavy atom. The first-order chi connectivity index (χ1) is 15.6. The Hall–Kier alpha value is -3.25. The zero-order chi connectivity index (χ0) is 22.7. The molecule has 168 valence electrons. The van der Waals surface area contributed by atoms with Gasteiger partial charge in [0.25, 0.3) is 0 Å². The number of fused-ring (bicyclic) bond motifs is 1. The van der Waals surface area contributed by atoms with Crippen molar-refractivity contribution >= 4 is 0 Å². The molecule has 0 saturated heterocycles. The maximum Gasteiger partial charge on any atom is 0.161 e. The fourth-order valence-electron chi connectivity index (χ4n) is 4.24. The Bertz CT molecular complexity index is 1080. The molecule has 1 aromatic heterocycles. The Labute approximate surface area is 189 Å². The highest BCUT2D eigenvalue weighted by atomic mass is 16.5. The van der Waals surface area contributed by atoms with Crippen LogP contribution in [-0.4, -0.2) is 32.9 Å². The third-order valence-corrected chi connectivity index (χ3v) is 5.86. The van der Waals surface area contributed by atoms with Gasteiger partial charge in [-0.2, -0.15) is 0 Å². The van der Waals surface area contributed by atoms with Gasteiger partial charge >= 0.3 is 0 Å². The number of hydrogen-bond donors (Lipinski definition) is 1. The van der Waals surface area contributed by atoms with Crippen molar-refractivity contribution in [1.29, 1.82) is 0 Å². The fourth-order valence-corrected chi connectivity index (χ4v) is 4.24. The lowest BCUT2D eigenvalue weighted by atomic mass is 9.85. The molecule has 1 aliphatic rings. The zero-order valence-electron chi connectivity index (χ0n) is 19.3. The number of rotatable bonds is 7. The van der Waals surface area contributed by atoms with Crippen molar-refractivity contribution in [3.8, 4) is 23.0 Å². The molecule has 0 unspecified atom stereocenters. The number of pyridine rings is 1. The summed E-state index contributed by atoms with van der Waals surface area (Å²) < 4.78 is 22.5. The molecule has 32 heavy (non-hydrogen) atoms. The van der Waals surface area contributed by atoms with E-state index in [1.807, 2.05) is 32.2 Å². The average Bonchev–Trinajstić information content (AvgIpc) is 2.83. The van der Waals surface area contributed by atoms with E-state index in [-0.39, 0.29) is 12.1 Å². The normalized spacial score (nSPS) is 17.4. The minimum atomic E-state index is -0.0724. The molecule has 0 spiro atoms. The smallest absolute Gasteiger partial charge is 0.161 e. The predicted octanol–water partition coefficient (Wildman–Crippen LogP) is 4.79. The van der Waals surface area contributed by atoms with E-state index in [9.17, 15) is 0 Å². The summed E-state index contributed by atoms with van der Waals surface area (Å²) in [5, 5.41) is 3.80. The highest BCUT2D eigenvalue weighted by Crippen LogP contribution is 2.42. The minimum absolute atomic E-state index is 0.0591. The van der Waals surface area contributed by atoms with E-state index in [4.69, 9.17) is 23.9 Å². The number of nitrogens with zero attached hydrogens (tertiary/aromatic N) is 1. The van der Waals surface area contributed by atoms with Gasteiger partial charge in [-0.1, -0.05) is 12.1 Å². The molecule has 2 heterocycles. The third kappa shape index (κ3) is 4.23. The zero-order valence-corrected chi connectivity index (χ0v) is 19.3. The van der Waals surface area contributed by atoms with Crippen molar-refractivity contribution in [1.82, 2.24) is 10.3 Å². The van der Waals surface area contributed by atoms with Crippen molar-refractivity contribution in [3.05, 3.63) is 76.6 Å². The second-order valence-corrected chi connectivity index (χ2v) is 7.87. The van der Waals surface area contributed by atoms with Crippen LogP contribution in [-0.2, 0) is 6.42 Å². The van der Waals surface area contributed by atoms with Crippen LogP contribution in [0, 0.1) is 6.92 Å². The molecule has 0 bridgehead atoms. The van der Waals surface area contributed by atoms with Gasteiger partial charge in [0.2, 0.25) is 0 Å². The van der Waals surface area contributed by atoms with E-state index in [1.54, 1.807) is 21.3 Å². The summed E-state index contributed by atoms with van der Waals surface area (Å²) in [7, 11) is 4.98. The number of ether oxygens (including phenoxy) is 4. The van der Waals surface area contributed by atoms with Crippen molar-refractivity contribution < 1.29 is 18.9 Å². The lowest BCUT2D eigenvalue weighted by Gasteiger charge is -2.34. The van der Waals surface area contributed by atoms with Gasteiger partial charge in [0.15, 0.2) is 23.0 Å². The third-order valence-electron chi connectivity index (χ3n) is 5.86. The van der Waals surface area contributed by atoms with Crippen LogP contribution < -0.4 is 24.3 Å². The highest BCUT2D eigenvalue weighted by Gasteiger charge is 2.31. The summed E-state index contributed by atoms with van der Waals surface area (Å²) in [6.07, 6.45) is 2.72. The maximum absolute atomic E-state index is 5.84. The Morgan fingerprint density at radius 3 is 2.31 bits per heavy atom. The summed E-state index contributed by atoms with van der Waals surface area (Å²) in [5.41, 5.74) is 5.59. The molecule has 1 N–H and O–H groups in total. The molecular formula is C26H30N2O4. The van der Waals surface area contributed by atoms with Gasteiger partial charge in [-0.25, -0.2) is 0 Å². The van der Waals surface area contributed by atoms with Crippen LogP contribution in [0.1, 0.15) is 47.0 Å². The van der Waals surface area contributed by atoms with Crippen LogP contribution in [0.2, 0.25) is 0 Å². The van der Waals surface area contributed by atoms with Gasteiger partial charge in [0.05, 0.1) is 45.7 Å². The van der Waals surface area contributed by atoms with E-state index in [2.05, 4.69) is 35.6 Å². The number of nitrogens with one attached hydrogen (secondary N) is 1. The first-order valence-corrected chi connectivity index (χ1v) is 10.8. The lowest BCUT2D eigenvalue weighted by molar-refractivity contribution is 0.310. The van der Waals surface area contributed by atoms with E-state index in [0.29, 0.717) is 12.4 Å². The molecule has 0 aliphatic carbocycles. The Kier molecular flexibility index (Phi) is 6.51. The summed E-state index contributed by atoms with van der Waals surface area (Å²) in [6.45, 7) is 4.58. The number of hydrogen-bond acceptors (Lipinski definition) is 6. The molecule has 0 amide bonds. The Morgan fingerprint density at radius 1 is 0.906 bits per heavy atom. The fraction of sp³-hybridized carbons (Fsp3) is 0.346. The molecule has 6 heteroatoms. The van der Waals surface area contributed by atoms with Crippen LogP contribution in [0.4, 0.5) is 0 Å². The van der Waals surface area contributed by atoms with Crippen molar-refractivity contribution in [2.24, 2.45) is 0 Å². The second kappa shape index (κ2) is 9.49. The van der Waals surface area contributed by atoms with Crippen LogP contribution in [0.15, 0.2) is 48.7 Å². The largest absolute Gasteiger partial charge is 0.493 e. The average molecular weight is 435 g/mol. The van der Waals surface area contributed by atoms with E-state index in [1.165, 1.54) is 5.56 Å². The van der Waals surface area contributed by atoms with Gasteiger partial charge in [-0.15, -0.1) is 0 Å². The van der Waals surface area contributed by atoms with Gasteiger partial charge in [0, 0.05) is 6.20 Å². The van der Waals surface area contributed by atoms with Crippen molar-refractivity contribution in [2.75, 3.05) is 27.9 Å². The monoisotopic (exact) mass is 434 g/mol. The molecule has 2 aromatic carbocycles. The molecule has 4 rings (SSSR count). The van der Waals surface area contributed by atoms with Crippen LogP contribution >= 0.6 is 0 Å². The van der Waals surface area contributed by atoms with Gasteiger partial charge in [-0.3, -0.25) is 10.3 Å². The minimum Gasteiger partial charge on any atom is -0.493 e. The SMILES string of the molecule is CCOc1cc([C@H]2N[C@@H](c3ccc(C)cn3)Cc3cc(OC)c(OC)cc32)ccc1OC. The van der Waals surface area contributed by atoms with Gasteiger partial charge < -0.3 is 18.9 Å². The molecule has 0 fully saturated rings. The number of aryl methyl sites for hydroxylation is 1. The number of methoxy groups -OCH3 is 3. The topological polar surface area (TPSA) is 61.8 Å². The van der Waals surface area contributed by atoms with Gasteiger partial charge in [0.1, 0.15) is 0 Å². The van der Waals surface area contributed by atoms with Crippen LogP contribution in [0.3, 0.4) is 0 Å². The van der Waals surface area contributed by atoms with E-state index < -0.39 is 0 Å². The maximum atomic E-state index is 5.84. The summed E-state index contributed by atoms with van der Waals surface area (Å²) in [4.78, 5) is 4.69. The van der Waals surface area contributed by atoms with E-state index in [0.717, 1.165) is 46.1 Å². The standard InChI is InChI=1S/C26H30N2O4/c1-6-32-25-12-17(8-10-22(25)29-3)26-19-14-24(31-5)23(30-4)13-18(19)11-21(28-26)20-9-7-16(2)15-27-20/h7-10,12-15,21,26,28H,6,11H2,1-5H3/t21-,26-/m1/s1. The van der Waals surface area contributed by atoms with Crippen molar-refractivity contribution in [3.63, 3.8) is 0 Å². The molecule has 3 aromatic rings. The molecule has 1 aliphatic heterocycles. The highest BCUT2D eigenvalue weighted by molar-refractivity contribution is 5.54. The van der Waals surface area contributed by atoms with Gasteiger partial charge in [-0.05, 0) is 72.9 Å². The molecule has 0 saturated carbocycles. The van der Waals surface area contributed by atoms with Crippen LogP contribution in [0.25, 0.3) is 0 Å². The van der Waals surface area contributed by atoms with Crippen LogP contribution in [0.5, 0.6) is 23.0 Å². The lowest BCUT2D eigenvalue weighted by Crippen LogP contribution is -2.34. The predicted molar refractivity (Wildman–Crippen MR) is 124 cm³/mol. The summed E-state index contributed by atoms with van der Waals surface area (Å²) in [6, 6.07) is 14.4. The molecule has 2 atom stereocenters. The quantitative estimate of drug-likeness (QED) is 0.577. The summed E-state index contributed by atoms with van der Waals surface area (Å²) >= 11 is 0. The first-order valence-electron chi connectivity index (χ1n) is 10.8. The Balaban J connectivity index is 1.82. The van der Waals surface area contributed by atoms with Crippen molar-refractivity contribution in [2.45, 2.75) is 32.4 Å². The van der Waals surface area contributed by atoms with E-state index >= 15 is 0 Å². The summed E-state index contributed by atoms with van der Waals surface area (Å²) in [5.74, 6) is 2.89. The molecular weight excluding hydrogens is 404 g/mol.